The number of esters is 1. The Balaban J connectivity index is 2.11. The minimum atomic E-state index is -4.78. The fourth-order valence-corrected chi connectivity index (χ4v) is 4.44. The van der Waals surface area contributed by atoms with Gasteiger partial charge < -0.3 is 4.74 Å². The van der Waals surface area contributed by atoms with Gasteiger partial charge in [0.05, 0.1) is 21.4 Å². The van der Waals surface area contributed by atoms with Crippen molar-refractivity contribution >= 4 is 33.4 Å². The van der Waals surface area contributed by atoms with Gasteiger partial charge in [0.25, 0.3) is 0 Å². The summed E-state index contributed by atoms with van der Waals surface area (Å²) in [5.74, 6) is -1.48. The topological polar surface area (TPSA) is 80.8 Å². The zero-order valence-electron chi connectivity index (χ0n) is 15.1. The fraction of sp³-hybridized carbons (Fsp3) is 0.529. The Morgan fingerprint density at radius 1 is 1.25 bits per heavy atom. The van der Waals surface area contributed by atoms with Crippen molar-refractivity contribution in [1.29, 1.82) is 0 Å². The van der Waals surface area contributed by atoms with Crippen molar-refractivity contribution in [1.82, 2.24) is 4.31 Å². The Hall–Kier alpha value is -1.65. The molecule has 156 valence electrons. The molecule has 0 aromatic heterocycles. The maximum atomic E-state index is 13.0. The first-order valence-electron chi connectivity index (χ1n) is 8.42. The van der Waals surface area contributed by atoms with Gasteiger partial charge in [0, 0.05) is 13.1 Å². The number of piperidine rings is 1. The number of halogens is 4. The van der Waals surface area contributed by atoms with Gasteiger partial charge in [-0.1, -0.05) is 11.6 Å². The third-order valence-corrected chi connectivity index (χ3v) is 6.76. The number of ether oxygens (including phenoxy) is 1. The van der Waals surface area contributed by atoms with Crippen molar-refractivity contribution < 1.29 is 35.9 Å². The number of hydrogen-bond acceptors (Lipinski definition) is 5. The minimum absolute atomic E-state index is 0.0550. The number of carbonyl (C=O) groups is 2. The maximum Gasteiger partial charge on any atom is 0.417 e. The van der Waals surface area contributed by atoms with Crippen LogP contribution in [-0.2, 0) is 30.5 Å². The number of Topliss-reactive ketones (excluding diaryl/α,β-unsaturated/α-hetero) is 1. The largest absolute Gasteiger partial charge is 0.454 e. The van der Waals surface area contributed by atoms with Crippen molar-refractivity contribution in [3.8, 4) is 0 Å². The van der Waals surface area contributed by atoms with E-state index in [1.807, 2.05) is 0 Å². The molecule has 28 heavy (non-hydrogen) atoms. The first-order valence-corrected chi connectivity index (χ1v) is 10.2. The Bertz CT molecular complexity index is 864. The summed E-state index contributed by atoms with van der Waals surface area (Å²) in [6.07, 6.45) is -5.39. The molecule has 1 aromatic carbocycles. The molecule has 1 aromatic rings. The highest BCUT2D eigenvalue weighted by Crippen LogP contribution is 2.36. The van der Waals surface area contributed by atoms with E-state index in [1.54, 1.807) is 0 Å². The van der Waals surface area contributed by atoms with E-state index in [2.05, 4.69) is 0 Å². The van der Waals surface area contributed by atoms with Crippen LogP contribution in [0.4, 0.5) is 13.2 Å². The van der Waals surface area contributed by atoms with Crippen molar-refractivity contribution in [2.75, 3.05) is 13.1 Å². The average molecular weight is 442 g/mol. The summed E-state index contributed by atoms with van der Waals surface area (Å²) < 4.78 is 70.4. The van der Waals surface area contributed by atoms with Crippen LogP contribution in [0.2, 0.25) is 5.02 Å². The van der Waals surface area contributed by atoms with Crippen LogP contribution in [0, 0.1) is 5.92 Å². The summed E-state index contributed by atoms with van der Waals surface area (Å²) in [5.41, 5.74) is -1.23. The number of hydrogen-bond donors (Lipinski definition) is 0. The van der Waals surface area contributed by atoms with E-state index >= 15 is 0 Å². The molecule has 0 saturated carbocycles. The molecule has 1 aliphatic rings. The van der Waals surface area contributed by atoms with Crippen molar-refractivity contribution in [2.45, 2.75) is 43.9 Å². The molecule has 1 heterocycles. The van der Waals surface area contributed by atoms with Gasteiger partial charge in [-0.3, -0.25) is 9.59 Å². The van der Waals surface area contributed by atoms with Crippen LogP contribution < -0.4 is 0 Å². The van der Waals surface area contributed by atoms with Gasteiger partial charge in [-0.15, -0.1) is 0 Å². The molecule has 0 amide bonds. The highest BCUT2D eigenvalue weighted by atomic mass is 35.5. The van der Waals surface area contributed by atoms with Crippen LogP contribution in [-0.4, -0.2) is 43.7 Å². The molecule has 1 aliphatic heterocycles. The fourth-order valence-electron chi connectivity index (χ4n) is 2.72. The first kappa shape index (κ1) is 22.6. The predicted molar refractivity (Wildman–Crippen MR) is 94.2 cm³/mol. The Kier molecular flexibility index (Phi) is 6.78. The molecule has 0 unspecified atom stereocenters. The van der Waals surface area contributed by atoms with Crippen LogP contribution in [0.3, 0.4) is 0 Å². The lowest BCUT2D eigenvalue weighted by atomic mass is 9.98. The van der Waals surface area contributed by atoms with E-state index in [4.69, 9.17) is 16.3 Å². The maximum absolute atomic E-state index is 13.0. The van der Waals surface area contributed by atoms with Gasteiger partial charge in [-0.2, -0.15) is 17.5 Å². The van der Waals surface area contributed by atoms with Crippen LogP contribution in [0.15, 0.2) is 23.1 Å². The molecule has 11 heteroatoms. The normalized spacial score (nSPS) is 17.9. The van der Waals surface area contributed by atoms with Gasteiger partial charge in [0.2, 0.25) is 10.0 Å². The lowest BCUT2D eigenvalue weighted by Gasteiger charge is -2.30. The van der Waals surface area contributed by atoms with Crippen molar-refractivity contribution in [3.05, 3.63) is 28.8 Å². The third-order valence-electron chi connectivity index (χ3n) is 4.53. The summed E-state index contributed by atoms with van der Waals surface area (Å²) in [4.78, 5) is 22.7. The van der Waals surface area contributed by atoms with Gasteiger partial charge >= 0.3 is 12.1 Å². The average Bonchev–Trinajstić information content (AvgIpc) is 2.60. The summed E-state index contributed by atoms with van der Waals surface area (Å²) in [7, 11) is -4.18. The minimum Gasteiger partial charge on any atom is -0.454 e. The zero-order valence-corrected chi connectivity index (χ0v) is 16.7. The van der Waals surface area contributed by atoms with Crippen molar-refractivity contribution in [3.63, 3.8) is 0 Å². The molecular weight excluding hydrogens is 423 g/mol. The second-order valence-electron chi connectivity index (χ2n) is 6.51. The Labute approximate surface area is 165 Å². The second kappa shape index (κ2) is 8.38. The summed E-state index contributed by atoms with van der Waals surface area (Å²) in [5, 5.41) is -0.590. The SMILES string of the molecule is CC(=O)[C@H](C)OC(=O)C1CCN(S(=O)(=O)c2ccc(Cl)c(C(F)(F)F)c2)CC1. The number of nitrogens with zero attached hydrogens (tertiary/aromatic N) is 1. The van der Waals surface area contributed by atoms with Gasteiger partial charge in [0.15, 0.2) is 11.9 Å². The van der Waals surface area contributed by atoms with Gasteiger partial charge in [-0.05, 0) is 44.9 Å². The molecule has 1 fully saturated rings. The van der Waals surface area contributed by atoms with E-state index < -0.39 is 49.7 Å². The standard InChI is InChI=1S/C17H19ClF3NO5S/c1-10(23)11(2)27-16(24)12-5-7-22(8-6-12)28(25,26)13-3-4-15(18)14(9-13)17(19,20)21/h3-4,9,11-12H,5-8H2,1-2H3/t11-/m0/s1. The number of ketones is 1. The van der Waals surface area contributed by atoms with E-state index in [-0.39, 0.29) is 31.7 Å². The third kappa shape index (κ3) is 5.03. The number of sulfonamides is 1. The lowest BCUT2D eigenvalue weighted by molar-refractivity contribution is -0.158. The van der Waals surface area contributed by atoms with Crippen molar-refractivity contribution in [2.24, 2.45) is 5.92 Å². The Morgan fingerprint density at radius 2 is 1.82 bits per heavy atom. The lowest BCUT2D eigenvalue weighted by Crippen LogP contribution is -2.41. The number of alkyl halides is 3. The first-order chi connectivity index (χ1) is 12.8. The van der Waals surface area contributed by atoms with Crippen LogP contribution in [0.25, 0.3) is 0 Å². The van der Waals surface area contributed by atoms with E-state index in [9.17, 15) is 31.2 Å². The smallest absolute Gasteiger partial charge is 0.417 e. The van der Waals surface area contributed by atoms with E-state index in [0.717, 1.165) is 16.4 Å². The Morgan fingerprint density at radius 3 is 2.32 bits per heavy atom. The molecule has 0 bridgehead atoms. The summed E-state index contributed by atoms with van der Waals surface area (Å²) in [6.45, 7) is 2.62. The number of rotatable bonds is 5. The highest BCUT2D eigenvalue weighted by Gasteiger charge is 2.37. The molecule has 0 radical (unpaired) electrons. The highest BCUT2D eigenvalue weighted by molar-refractivity contribution is 7.89. The van der Waals surface area contributed by atoms with Crippen LogP contribution >= 0.6 is 11.6 Å². The zero-order chi connectivity index (χ0) is 21.3. The molecule has 2 rings (SSSR count). The molecule has 1 atom stereocenters. The molecule has 0 spiro atoms. The molecule has 6 nitrogen and oxygen atoms in total. The number of benzene rings is 1. The van der Waals surface area contributed by atoms with Gasteiger partial charge in [-0.25, -0.2) is 8.42 Å². The van der Waals surface area contributed by atoms with E-state index in [1.165, 1.54) is 13.8 Å². The molecule has 0 N–H and O–H groups in total. The summed E-state index contributed by atoms with van der Waals surface area (Å²) in [6, 6.07) is 2.42. The van der Waals surface area contributed by atoms with Crippen LogP contribution in [0.5, 0.6) is 0 Å². The van der Waals surface area contributed by atoms with Crippen LogP contribution in [0.1, 0.15) is 32.3 Å². The molecule has 0 aliphatic carbocycles. The summed E-state index contributed by atoms with van der Waals surface area (Å²) >= 11 is 5.53. The monoisotopic (exact) mass is 441 g/mol. The van der Waals surface area contributed by atoms with E-state index in [0.29, 0.717) is 6.07 Å². The molecule has 1 saturated heterocycles. The quantitative estimate of drug-likeness (QED) is 0.655. The second-order valence-corrected chi connectivity index (χ2v) is 8.85. The molecular formula is C17H19ClF3NO5S. The number of carbonyl (C=O) groups excluding carboxylic acids is 2. The van der Waals surface area contributed by atoms with Gasteiger partial charge in [0.1, 0.15) is 0 Å². The predicted octanol–water partition coefficient (Wildman–Crippen LogP) is 3.28.